The standard InChI is InChI=1S/C14H21FN4O2/c1-14(2,3)18-17-13(20)10-4-5-11(15)16-12(10)19-6-8-21-9-7-19/h4-5,18H,6-9H2,1-3H3,(H,17,20). The van der Waals surface area contributed by atoms with Gasteiger partial charge >= 0.3 is 0 Å². The Balaban J connectivity index is 2.19. The number of amides is 1. The predicted molar refractivity (Wildman–Crippen MR) is 77.6 cm³/mol. The summed E-state index contributed by atoms with van der Waals surface area (Å²) in [6, 6.07) is 2.64. The number of aromatic nitrogens is 1. The maximum Gasteiger partial charge on any atom is 0.269 e. The van der Waals surface area contributed by atoms with Gasteiger partial charge in [0.2, 0.25) is 5.95 Å². The molecule has 0 atom stereocenters. The fraction of sp³-hybridized carbons (Fsp3) is 0.571. The largest absolute Gasteiger partial charge is 0.378 e. The highest BCUT2D eigenvalue weighted by molar-refractivity contribution is 5.98. The van der Waals surface area contributed by atoms with Crippen LogP contribution in [0.1, 0.15) is 31.1 Å². The maximum absolute atomic E-state index is 13.4. The van der Waals surface area contributed by atoms with Crippen LogP contribution in [0.15, 0.2) is 12.1 Å². The Kier molecular flexibility index (Phi) is 4.74. The van der Waals surface area contributed by atoms with Gasteiger partial charge in [0.25, 0.3) is 5.91 Å². The van der Waals surface area contributed by atoms with E-state index in [0.717, 1.165) is 0 Å². The summed E-state index contributed by atoms with van der Waals surface area (Å²) in [6.07, 6.45) is 0. The van der Waals surface area contributed by atoms with Crippen LogP contribution >= 0.6 is 0 Å². The first-order valence-corrected chi connectivity index (χ1v) is 6.93. The number of pyridine rings is 1. The smallest absolute Gasteiger partial charge is 0.269 e. The van der Waals surface area contributed by atoms with Crippen molar-refractivity contribution in [3.05, 3.63) is 23.6 Å². The Bertz CT molecular complexity index is 510. The van der Waals surface area contributed by atoms with Crippen LogP contribution in [0.3, 0.4) is 0 Å². The lowest BCUT2D eigenvalue weighted by atomic mass is 10.1. The lowest BCUT2D eigenvalue weighted by molar-refractivity contribution is 0.0912. The Labute approximate surface area is 123 Å². The van der Waals surface area contributed by atoms with Crippen LogP contribution in [-0.2, 0) is 4.74 Å². The van der Waals surface area contributed by atoms with Crippen LogP contribution < -0.4 is 15.8 Å². The van der Waals surface area contributed by atoms with E-state index in [0.29, 0.717) is 37.7 Å². The van der Waals surface area contributed by atoms with E-state index in [-0.39, 0.29) is 11.4 Å². The Hall–Kier alpha value is -1.73. The van der Waals surface area contributed by atoms with E-state index in [1.807, 2.05) is 25.7 Å². The van der Waals surface area contributed by atoms with Crippen molar-refractivity contribution in [2.75, 3.05) is 31.2 Å². The third kappa shape index (κ3) is 4.37. The minimum absolute atomic E-state index is 0.262. The first-order valence-electron chi connectivity index (χ1n) is 6.93. The van der Waals surface area contributed by atoms with Gasteiger partial charge in [-0.15, -0.1) is 0 Å². The number of morpholine rings is 1. The zero-order valence-electron chi connectivity index (χ0n) is 12.6. The predicted octanol–water partition coefficient (Wildman–Crippen LogP) is 1.09. The third-order valence-electron chi connectivity index (χ3n) is 2.95. The summed E-state index contributed by atoms with van der Waals surface area (Å²) in [7, 11) is 0. The molecule has 6 nitrogen and oxygen atoms in total. The SMILES string of the molecule is CC(C)(C)NNC(=O)c1ccc(F)nc1N1CCOCC1. The molecule has 0 aromatic carbocycles. The van der Waals surface area contributed by atoms with Gasteiger partial charge in [0.05, 0.1) is 18.8 Å². The molecule has 0 spiro atoms. The number of hydrogen-bond acceptors (Lipinski definition) is 5. The van der Waals surface area contributed by atoms with Gasteiger partial charge < -0.3 is 9.64 Å². The van der Waals surface area contributed by atoms with E-state index >= 15 is 0 Å². The van der Waals surface area contributed by atoms with Crippen LogP contribution in [0.25, 0.3) is 0 Å². The summed E-state index contributed by atoms with van der Waals surface area (Å²) >= 11 is 0. The zero-order chi connectivity index (χ0) is 15.5. The van der Waals surface area contributed by atoms with E-state index in [4.69, 9.17) is 4.74 Å². The van der Waals surface area contributed by atoms with Crippen LogP contribution in [-0.4, -0.2) is 42.7 Å². The fourth-order valence-corrected chi connectivity index (χ4v) is 1.93. The summed E-state index contributed by atoms with van der Waals surface area (Å²) in [5, 5.41) is 0. The van der Waals surface area contributed by atoms with E-state index < -0.39 is 5.95 Å². The van der Waals surface area contributed by atoms with Crippen LogP contribution in [0, 0.1) is 5.95 Å². The number of nitrogens with zero attached hydrogens (tertiary/aromatic N) is 2. The molecule has 0 bridgehead atoms. The number of nitrogens with one attached hydrogen (secondary N) is 2. The first-order chi connectivity index (χ1) is 9.87. The quantitative estimate of drug-likeness (QED) is 0.645. The number of anilines is 1. The van der Waals surface area contributed by atoms with Crippen molar-refractivity contribution in [2.45, 2.75) is 26.3 Å². The molecule has 2 heterocycles. The van der Waals surface area contributed by atoms with Gasteiger partial charge in [0.15, 0.2) is 0 Å². The number of hydrazine groups is 1. The molecule has 1 aromatic heterocycles. The highest BCUT2D eigenvalue weighted by Crippen LogP contribution is 2.19. The summed E-state index contributed by atoms with van der Waals surface area (Å²) in [6.45, 7) is 8.04. The van der Waals surface area contributed by atoms with Crippen molar-refractivity contribution < 1.29 is 13.9 Å². The summed E-state index contributed by atoms with van der Waals surface area (Å²) in [5.74, 6) is -0.581. The molecule has 1 aliphatic heterocycles. The molecular weight excluding hydrogens is 275 g/mol. The van der Waals surface area contributed by atoms with Gasteiger partial charge in [0, 0.05) is 18.6 Å². The normalized spacial score (nSPS) is 15.9. The molecule has 1 aromatic rings. The molecule has 0 aliphatic carbocycles. The number of halogens is 1. The van der Waals surface area contributed by atoms with E-state index in [1.165, 1.54) is 12.1 Å². The van der Waals surface area contributed by atoms with Crippen molar-refractivity contribution >= 4 is 11.7 Å². The molecule has 1 fully saturated rings. The lowest BCUT2D eigenvalue weighted by Gasteiger charge is -2.29. The van der Waals surface area contributed by atoms with Gasteiger partial charge in [-0.25, -0.2) is 10.4 Å². The molecule has 0 radical (unpaired) electrons. The van der Waals surface area contributed by atoms with E-state index in [2.05, 4.69) is 15.8 Å². The number of carbonyl (C=O) groups excluding carboxylic acids is 1. The molecule has 116 valence electrons. The second-order valence-corrected chi connectivity index (χ2v) is 5.93. The Morgan fingerprint density at radius 1 is 1.33 bits per heavy atom. The first kappa shape index (κ1) is 15.7. The molecule has 1 aliphatic rings. The average molecular weight is 296 g/mol. The molecule has 7 heteroatoms. The van der Waals surface area contributed by atoms with Crippen LogP contribution in [0.5, 0.6) is 0 Å². The lowest BCUT2D eigenvalue weighted by Crippen LogP contribution is -2.49. The van der Waals surface area contributed by atoms with Crippen molar-refractivity contribution in [2.24, 2.45) is 0 Å². The zero-order valence-corrected chi connectivity index (χ0v) is 12.6. The van der Waals surface area contributed by atoms with Gasteiger partial charge in [0.1, 0.15) is 5.82 Å². The highest BCUT2D eigenvalue weighted by atomic mass is 19.1. The summed E-state index contributed by atoms with van der Waals surface area (Å²) in [4.78, 5) is 18.0. The molecule has 0 unspecified atom stereocenters. The molecule has 2 N–H and O–H groups in total. The Morgan fingerprint density at radius 3 is 2.62 bits per heavy atom. The van der Waals surface area contributed by atoms with Gasteiger partial charge in [-0.05, 0) is 32.9 Å². The fourth-order valence-electron chi connectivity index (χ4n) is 1.93. The molecule has 1 saturated heterocycles. The summed E-state index contributed by atoms with van der Waals surface area (Å²) in [5.41, 5.74) is 5.61. The van der Waals surface area contributed by atoms with Crippen LogP contribution in [0.4, 0.5) is 10.2 Å². The second kappa shape index (κ2) is 6.36. The molecule has 0 saturated carbocycles. The van der Waals surface area contributed by atoms with Gasteiger partial charge in [-0.1, -0.05) is 0 Å². The maximum atomic E-state index is 13.4. The van der Waals surface area contributed by atoms with Crippen molar-refractivity contribution in [3.63, 3.8) is 0 Å². The van der Waals surface area contributed by atoms with Crippen molar-refractivity contribution in [1.29, 1.82) is 0 Å². The van der Waals surface area contributed by atoms with E-state index in [1.54, 1.807) is 0 Å². The van der Waals surface area contributed by atoms with E-state index in [9.17, 15) is 9.18 Å². The third-order valence-corrected chi connectivity index (χ3v) is 2.95. The number of hydrogen-bond donors (Lipinski definition) is 2. The monoisotopic (exact) mass is 296 g/mol. The molecule has 2 rings (SSSR count). The number of rotatable bonds is 3. The van der Waals surface area contributed by atoms with Gasteiger partial charge in [-0.2, -0.15) is 4.39 Å². The van der Waals surface area contributed by atoms with Crippen molar-refractivity contribution in [1.82, 2.24) is 15.8 Å². The molecule has 1 amide bonds. The molecule has 21 heavy (non-hydrogen) atoms. The Morgan fingerprint density at radius 2 is 2.00 bits per heavy atom. The number of carbonyl (C=O) groups is 1. The molecular formula is C14H21FN4O2. The van der Waals surface area contributed by atoms with Crippen molar-refractivity contribution in [3.8, 4) is 0 Å². The summed E-state index contributed by atoms with van der Waals surface area (Å²) < 4.78 is 18.7. The highest BCUT2D eigenvalue weighted by Gasteiger charge is 2.22. The van der Waals surface area contributed by atoms with Gasteiger partial charge in [-0.3, -0.25) is 10.2 Å². The van der Waals surface area contributed by atoms with Crippen LogP contribution in [0.2, 0.25) is 0 Å². The second-order valence-electron chi connectivity index (χ2n) is 5.93. The topological polar surface area (TPSA) is 66.5 Å². The average Bonchev–Trinajstić information content (AvgIpc) is 2.45. The minimum Gasteiger partial charge on any atom is -0.378 e. The minimum atomic E-state index is -0.600. The number of ether oxygens (including phenoxy) is 1.